The third kappa shape index (κ3) is 3.38. The summed E-state index contributed by atoms with van der Waals surface area (Å²) < 4.78 is 1.08. The van der Waals surface area contributed by atoms with E-state index in [4.69, 9.17) is 23.2 Å². The van der Waals surface area contributed by atoms with Crippen LogP contribution in [0.3, 0.4) is 0 Å². The molecule has 1 heterocycles. The molecule has 0 bridgehead atoms. The SMILES string of the molecule is O=C(Cn1cnc2ccc([N+](=O)[O-])cc2c1=O)c1ccc(Cl)cc1Cl. The Hall–Kier alpha value is -2.77. The number of benzene rings is 2. The first-order valence-electron chi connectivity index (χ1n) is 6.98. The summed E-state index contributed by atoms with van der Waals surface area (Å²) in [4.78, 5) is 39.2. The van der Waals surface area contributed by atoms with Crippen LogP contribution in [0.25, 0.3) is 10.9 Å². The summed E-state index contributed by atoms with van der Waals surface area (Å²) in [7, 11) is 0. The Kier molecular flexibility index (Phi) is 4.52. The molecule has 0 atom stereocenters. The Labute approximate surface area is 150 Å². The number of aromatic nitrogens is 2. The zero-order valence-corrected chi connectivity index (χ0v) is 14.0. The number of halogens is 2. The average Bonchev–Trinajstić information content (AvgIpc) is 2.57. The summed E-state index contributed by atoms with van der Waals surface area (Å²) in [6, 6.07) is 8.21. The van der Waals surface area contributed by atoms with Gasteiger partial charge in [-0.05, 0) is 24.3 Å². The number of nitro groups is 1. The standard InChI is InChI=1S/C16H9Cl2N3O4/c17-9-1-3-11(13(18)5-9)15(22)7-20-8-19-14-4-2-10(21(24)25)6-12(14)16(20)23/h1-6,8H,7H2. The molecule has 0 unspecified atom stereocenters. The van der Waals surface area contributed by atoms with Gasteiger partial charge in [0.05, 0.1) is 33.7 Å². The molecule has 0 aliphatic rings. The molecule has 25 heavy (non-hydrogen) atoms. The molecule has 0 radical (unpaired) electrons. The van der Waals surface area contributed by atoms with Crippen LogP contribution in [0.15, 0.2) is 47.5 Å². The highest BCUT2D eigenvalue weighted by molar-refractivity contribution is 6.36. The molecule has 0 aliphatic carbocycles. The number of carbonyl (C=O) groups is 1. The van der Waals surface area contributed by atoms with Crippen molar-refractivity contribution in [2.24, 2.45) is 0 Å². The number of non-ortho nitro benzene ring substituents is 1. The van der Waals surface area contributed by atoms with Crippen LogP contribution >= 0.6 is 23.2 Å². The Morgan fingerprint density at radius 3 is 2.64 bits per heavy atom. The third-order valence-corrected chi connectivity index (χ3v) is 4.11. The summed E-state index contributed by atoms with van der Waals surface area (Å²) in [5.41, 5.74) is -0.246. The highest BCUT2D eigenvalue weighted by Gasteiger charge is 2.15. The van der Waals surface area contributed by atoms with Gasteiger partial charge in [0.2, 0.25) is 0 Å². The smallest absolute Gasteiger partial charge is 0.270 e. The fraction of sp³-hybridized carbons (Fsp3) is 0.0625. The highest BCUT2D eigenvalue weighted by atomic mass is 35.5. The monoisotopic (exact) mass is 377 g/mol. The maximum atomic E-state index is 12.5. The van der Waals surface area contributed by atoms with E-state index in [2.05, 4.69) is 4.98 Å². The van der Waals surface area contributed by atoms with E-state index in [0.717, 1.165) is 10.6 Å². The minimum atomic E-state index is -0.602. The number of carbonyl (C=O) groups excluding carboxylic acids is 1. The molecule has 1 aromatic heterocycles. The molecule has 0 N–H and O–H groups in total. The van der Waals surface area contributed by atoms with E-state index in [1.807, 2.05) is 0 Å². The molecular formula is C16H9Cl2N3O4. The predicted octanol–water partition coefficient (Wildman–Crippen LogP) is 3.49. The molecule has 3 aromatic rings. The molecule has 0 amide bonds. The minimum absolute atomic E-state index is 0.0618. The number of hydrogen-bond donors (Lipinski definition) is 0. The number of ketones is 1. The van der Waals surface area contributed by atoms with Gasteiger partial charge in [-0.15, -0.1) is 0 Å². The lowest BCUT2D eigenvalue weighted by Gasteiger charge is -2.07. The average molecular weight is 378 g/mol. The first kappa shape index (κ1) is 17.1. The molecule has 0 aliphatic heterocycles. The molecular weight excluding hydrogens is 369 g/mol. The Morgan fingerprint density at radius 2 is 1.96 bits per heavy atom. The van der Waals surface area contributed by atoms with Gasteiger partial charge in [0.15, 0.2) is 5.78 Å². The maximum Gasteiger partial charge on any atom is 0.270 e. The Bertz CT molecular complexity index is 1080. The van der Waals surface area contributed by atoms with E-state index in [9.17, 15) is 19.7 Å². The number of hydrogen-bond acceptors (Lipinski definition) is 5. The number of Topliss-reactive ketones (excluding diaryl/α,β-unsaturated/α-hetero) is 1. The first-order valence-corrected chi connectivity index (χ1v) is 7.74. The second kappa shape index (κ2) is 6.62. The van der Waals surface area contributed by atoms with Crippen LogP contribution in [0, 0.1) is 10.1 Å². The third-order valence-electron chi connectivity index (χ3n) is 3.56. The molecule has 0 saturated carbocycles. The van der Waals surface area contributed by atoms with Crippen molar-refractivity contribution in [3.8, 4) is 0 Å². The van der Waals surface area contributed by atoms with Crippen molar-refractivity contribution >= 4 is 45.6 Å². The maximum absolute atomic E-state index is 12.5. The van der Waals surface area contributed by atoms with Crippen molar-refractivity contribution in [3.63, 3.8) is 0 Å². The van der Waals surface area contributed by atoms with Crippen LogP contribution in [0.4, 0.5) is 5.69 Å². The van der Waals surface area contributed by atoms with E-state index in [0.29, 0.717) is 10.5 Å². The molecule has 0 spiro atoms. The van der Waals surface area contributed by atoms with Gasteiger partial charge in [-0.3, -0.25) is 24.3 Å². The molecule has 0 fully saturated rings. The fourth-order valence-electron chi connectivity index (χ4n) is 2.33. The summed E-state index contributed by atoms with van der Waals surface area (Å²) >= 11 is 11.8. The van der Waals surface area contributed by atoms with Crippen molar-refractivity contribution in [2.75, 3.05) is 0 Å². The van der Waals surface area contributed by atoms with Gasteiger partial charge >= 0.3 is 0 Å². The molecule has 126 valence electrons. The molecule has 0 saturated heterocycles. The zero-order valence-electron chi connectivity index (χ0n) is 12.5. The zero-order chi connectivity index (χ0) is 18.1. The Morgan fingerprint density at radius 1 is 1.20 bits per heavy atom. The summed E-state index contributed by atoms with van der Waals surface area (Å²) in [6.45, 7) is -0.300. The van der Waals surface area contributed by atoms with E-state index in [1.54, 1.807) is 0 Å². The van der Waals surface area contributed by atoms with Crippen LogP contribution in [0.2, 0.25) is 10.0 Å². The normalized spacial score (nSPS) is 10.8. The van der Waals surface area contributed by atoms with Gasteiger partial charge in [0.25, 0.3) is 11.2 Å². The van der Waals surface area contributed by atoms with E-state index >= 15 is 0 Å². The number of fused-ring (bicyclic) bond motifs is 1. The molecule has 2 aromatic carbocycles. The number of nitrogens with zero attached hydrogens (tertiary/aromatic N) is 3. The molecule has 9 heteroatoms. The molecule has 7 nitrogen and oxygen atoms in total. The van der Waals surface area contributed by atoms with E-state index in [-0.39, 0.29) is 28.2 Å². The second-order valence-electron chi connectivity index (χ2n) is 5.18. The van der Waals surface area contributed by atoms with Crippen LogP contribution in [0.5, 0.6) is 0 Å². The van der Waals surface area contributed by atoms with Crippen molar-refractivity contribution in [2.45, 2.75) is 6.54 Å². The van der Waals surface area contributed by atoms with Gasteiger partial charge in [0.1, 0.15) is 0 Å². The Balaban J connectivity index is 2.01. The lowest BCUT2D eigenvalue weighted by molar-refractivity contribution is -0.384. The van der Waals surface area contributed by atoms with Gasteiger partial charge < -0.3 is 0 Å². The first-order chi connectivity index (χ1) is 11.9. The van der Waals surface area contributed by atoms with E-state index in [1.165, 1.54) is 36.7 Å². The van der Waals surface area contributed by atoms with Crippen molar-refractivity contribution in [1.29, 1.82) is 0 Å². The topological polar surface area (TPSA) is 95.1 Å². The van der Waals surface area contributed by atoms with Crippen LogP contribution in [-0.4, -0.2) is 20.3 Å². The van der Waals surface area contributed by atoms with Crippen molar-refractivity contribution < 1.29 is 9.72 Å². The van der Waals surface area contributed by atoms with Gasteiger partial charge in [-0.2, -0.15) is 0 Å². The van der Waals surface area contributed by atoms with Gasteiger partial charge in [-0.25, -0.2) is 4.98 Å². The molecule has 3 rings (SSSR count). The summed E-state index contributed by atoms with van der Waals surface area (Å²) in [6.07, 6.45) is 1.22. The van der Waals surface area contributed by atoms with Crippen molar-refractivity contribution in [1.82, 2.24) is 9.55 Å². The quantitative estimate of drug-likeness (QED) is 0.393. The van der Waals surface area contributed by atoms with Crippen molar-refractivity contribution in [3.05, 3.63) is 78.8 Å². The second-order valence-corrected chi connectivity index (χ2v) is 6.03. The number of rotatable bonds is 4. The summed E-state index contributed by atoms with van der Waals surface area (Å²) in [5, 5.41) is 11.5. The summed E-state index contributed by atoms with van der Waals surface area (Å²) in [5.74, 6) is -0.407. The van der Waals surface area contributed by atoms with E-state index < -0.39 is 16.3 Å². The minimum Gasteiger partial charge on any atom is -0.292 e. The number of nitro benzene ring substituents is 1. The highest BCUT2D eigenvalue weighted by Crippen LogP contribution is 2.22. The van der Waals surface area contributed by atoms with Crippen LogP contribution in [-0.2, 0) is 6.54 Å². The van der Waals surface area contributed by atoms with Gasteiger partial charge in [-0.1, -0.05) is 23.2 Å². The van der Waals surface area contributed by atoms with Crippen LogP contribution < -0.4 is 5.56 Å². The predicted molar refractivity (Wildman–Crippen MR) is 93.4 cm³/mol. The fourth-order valence-corrected chi connectivity index (χ4v) is 2.84. The van der Waals surface area contributed by atoms with Crippen LogP contribution in [0.1, 0.15) is 10.4 Å². The lowest BCUT2D eigenvalue weighted by Crippen LogP contribution is -2.24. The largest absolute Gasteiger partial charge is 0.292 e. The van der Waals surface area contributed by atoms with Gasteiger partial charge in [0, 0.05) is 22.7 Å². The lowest BCUT2D eigenvalue weighted by atomic mass is 10.1.